The van der Waals surface area contributed by atoms with Crippen molar-refractivity contribution in [1.29, 1.82) is 0 Å². The molecule has 0 fully saturated rings. The predicted octanol–water partition coefficient (Wildman–Crippen LogP) is 1.06. The first-order valence-electron chi connectivity index (χ1n) is 5.28. The molecule has 1 rings (SSSR count). The molecule has 4 N–H and O–H groups in total. The number of halogens is 1. The minimum atomic E-state index is -0.320. The Kier molecular flexibility index (Phi) is 4.72. The number of pyridine rings is 1. The summed E-state index contributed by atoms with van der Waals surface area (Å²) in [6.07, 6.45) is 1.34. The van der Waals surface area contributed by atoms with Gasteiger partial charge in [-0.15, -0.1) is 0 Å². The van der Waals surface area contributed by atoms with Crippen molar-refractivity contribution in [2.45, 2.75) is 19.9 Å². The zero-order valence-electron chi connectivity index (χ0n) is 9.77. The summed E-state index contributed by atoms with van der Waals surface area (Å²) in [5, 5.41) is 11.9. The van der Waals surface area contributed by atoms with E-state index in [4.69, 9.17) is 22.4 Å². The molecule has 94 valence electrons. The Morgan fingerprint density at radius 1 is 1.65 bits per heavy atom. The summed E-state index contributed by atoms with van der Waals surface area (Å²) in [5.41, 5.74) is 6.21. The van der Waals surface area contributed by atoms with Gasteiger partial charge in [-0.2, -0.15) is 0 Å². The number of aromatic nitrogens is 1. The van der Waals surface area contributed by atoms with Gasteiger partial charge in [0.2, 0.25) is 0 Å². The van der Waals surface area contributed by atoms with Crippen molar-refractivity contribution in [2.75, 3.05) is 12.3 Å². The van der Waals surface area contributed by atoms with Crippen LogP contribution in [0.15, 0.2) is 12.3 Å². The van der Waals surface area contributed by atoms with E-state index in [1.54, 1.807) is 0 Å². The van der Waals surface area contributed by atoms with Crippen molar-refractivity contribution >= 4 is 23.2 Å². The molecule has 0 aliphatic carbocycles. The highest BCUT2D eigenvalue weighted by atomic mass is 35.5. The van der Waals surface area contributed by atoms with E-state index in [-0.39, 0.29) is 35.3 Å². The summed E-state index contributed by atoms with van der Waals surface area (Å²) < 4.78 is 0. The van der Waals surface area contributed by atoms with Crippen molar-refractivity contribution in [3.8, 4) is 0 Å². The summed E-state index contributed by atoms with van der Waals surface area (Å²) in [5.74, 6) is -0.350. The molecule has 1 amide bonds. The molecule has 0 aliphatic rings. The highest BCUT2D eigenvalue weighted by Crippen LogP contribution is 2.15. The van der Waals surface area contributed by atoms with Crippen molar-refractivity contribution < 1.29 is 9.90 Å². The first-order valence-corrected chi connectivity index (χ1v) is 5.66. The molecule has 1 aromatic rings. The largest absolute Gasteiger partial charge is 0.397 e. The SMILES string of the molecule is CC(CO)C(C)NC(=O)c1cc(Cl)ncc1N. The molecular formula is C11H16ClN3O2. The fourth-order valence-corrected chi connectivity index (χ4v) is 1.38. The number of hydrogen-bond acceptors (Lipinski definition) is 4. The molecule has 1 aromatic heterocycles. The molecule has 0 radical (unpaired) electrons. The third kappa shape index (κ3) is 3.57. The lowest BCUT2D eigenvalue weighted by molar-refractivity contribution is 0.0917. The van der Waals surface area contributed by atoms with Crippen LogP contribution in [-0.4, -0.2) is 28.6 Å². The van der Waals surface area contributed by atoms with Crippen molar-refractivity contribution in [3.05, 3.63) is 23.0 Å². The smallest absolute Gasteiger partial charge is 0.253 e. The Morgan fingerprint density at radius 2 is 2.29 bits per heavy atom. The molecule has 0 aromatic carbocycles. The van der Waals surface area contributed by atoms with Crippen LogP contribution in [0.3, 0.4) is 0 Å². The zero-order valence-corrected chi connectivity index (χ0v) is 10.5. The van der Waals surface area contributed by atoms with E-state index < -0.39 is 0 Å². The Labute approximate surface area is 105 Å². The number of aliphatic hydroxyl groups excluding tert-OH is 1. The fraction of sp³-hybridized carbons (Fsp3) is 0.455. The van der Waals surface area contributed by atoms with Crippen LogP contribution in [0.5, 0.6) is 0 Å². The number of carbonyl (C=O) groups excluding carboxylic acids is 1. The van der Waals surface area contributed by atoms with Crippen LogP contribution in [0.4, 0.5) is 5.69 Å². The number of hydrogen-bond donors (Lipinski definition) is 3. The Hall–Kier alpha value is -1.33. The Morgan fingerprint density at radius 3 is 2.88 bits per heavy atom. The summed E-state index contributed by atoms with van der Waals surface area (Å²) in [7, 11) is 0. The molecule has 1 heterocycles. The highest BCUT2D eigenvalue weighted by molar-refractivity contribution is 6.29. The van der Waals surface area contributed by atoms with E-state index in [1.807, 2.05) is 13.8 Å². The van der Waals surface area contributed by atoms with Crippen molar-refractivity contribution in [1.82, 2.24) is 10.3 Å². The molecule has 0 bridgehead atoms. The standard InChI is InChI=1S/C11H16ClN3O2/c1-6(5-16)7(2)15-11(17)8-3-10(12)14-4-9(8)13/h3-4,6-7,16H,5,13H2,1-2H3,(H,15,17). The van der Waals surface area contributed by atoms with Crippen LogP contribution < -0.4 is 11.1 Å². The number of carbonyl (C=O) groups is 1. The van der Waals surface area contributed by atoms with Crippen molar-refractivity contribution in [2.24, 2.45) is 5.92 Å². The summed E-state index contributed by atoms with van der Waals surface area (Å²) in [4.78, 5) is 15.7. The van der Waals surface area contributed by atoms with Crippen LogP contribution in [0, 0.1) is 5.92 Å². The second-order valence-electron chi connectivity index (χ2n) is 4.02. The van der Waals surface area contributed by atoms with E-state index in [1.165, 1.54) is 12.3 Å². The second kappa shape index (κ2) is 5.84. The maximum atomic E-state index is 11.9. The van der Waals surface area contributed by atoms with E-state index >= 15 is 0 Å². The van der Waals surface area contributed by atoms with Crippen LogP contribution in [0.25, 0.3) is 0 Å². The molecular weight excluding hydrogens is 242 g/mol. The lowest BCUT2D eigenvalue weighted by Crippen LogP contribution is -2.38. The van der Waals surface area contributed by atoms with E-state index in [2.05, 4.69) is 10.3 Å². The number of nitrogens with zero attached hydrogens (tertiary/aromatic N) is 1. The van der Waals surface area contributed by atoms with Gasteiger partial charge >= 0.3 is 0 Å². The van der Waals surface area contributed by atoms with Gasteiger partial charge in [-0.1, -0.05) is 18.5 Å². The van der Waals surface area contributed by atoms with Gasteiger partial charge in [-0.05, 0) is 18.9 Å². The lowest BCUT2D eigenvalue weighted by Gasteiger charge is -2.19. The van der Waals surface area contributed by atoms with Crippen LogP contribution in [-0.2, 0) is 0 Å². The maximum absolute atomic E-state index is 11.9. The van der Waals surface area contributed by atoms with Crippen LogP contribution >= 0.6 is 11.6 Å². The number of nitrogens with two attached hydrogens (primary N) is 1. The third-order valence-corrected chi connectivity index (χ3v) is 2.85. The van der Waals surface area contributed by atoms with Crippen molar-refractivity contribution in [3.63, 3.8) is 0 Å². The quantitative estimate of drug-likeness (QED) is 0.704. The number of amides is 1. The van der Waals surface area contributed by atoms with Gasteiger partial charge in [-0.3, -0.25) is 4.79 Å². The number of nitrogens with one attached hydrogen (secondary N) is 1. The lowest BCUT2D eigenvalue weighted by atomic mass is 10.0. The second-order valence-corrected chi connectivity index (χ2v) is 4.40. The number of aliphatic hydroxyl groups is 1. The molecule has 0 spiro atoms. The third-order valence-electron chi connectivity index (χ3n) is 2.65. The molecule has 0 saturated heterocycles. The number of anilines is 1. The first kappa shape index (κ1) is 13.7. The van der Waals surface area contributed by atoms with E-state index in [9.17, 15) is 4.79 Å². The van der Waals surface area contributed by atoms with E-state index in [0.717, 1.165) is 0 Å². The molecule has 6 heteroatoms. The minimum Gasteiger partial charge on any atom is -0.397 e. The average Bonchev–Trinajstić information content (AvgIpc) is 2.30. The van der Waals surface area contributed by atoms with Gasteiger partial charge in [0.25, 0.3) is 5.91 Å². The predicted molar refractivity (Wildman–Crippen MR) is 66.8 cm³/mol. The van der Waals surface area contributed by atoms with Gasteiger partial charge in [0.15, 0.2) is 0 Å². The first-order chi connectivity index (χ1) is 7.95. The minimum absolute atomic E-state index is 0.00797. The zero-order chi connectivity index (χ0) is 13.0. The van der Waals surface area contributed by atoms with Gasteiger partial charge in [0.1, 0.15) is 5.15 Å². The van der Waals surface area contributed by atoms with E-state index in [0.29, 0.717) is 5.56 Å². The fourth-order valence-electron chi connectivity index (χ4n) is 1.22. The maximum Gasteiger partial charge on any atom is 0.253 e. The summed E-state index contributed by atoms with van der Waals surface area (Å²) in [6.45, 7) is 3.67. The molecule has 2 unspecified atom stereocenters. The molecule has 5 nitrogen and oxygen atoms in total. The van der Waals surface area contributed by atoms with Gasteiger partial charge in [0.05, 0.1) is 17.4 Å². The highest BCUT2D eigenvalue weighted by Gasteiger charge is 2.17. The molecule has 17 heavy (non-hydrogen) atoms. The van der Waals surface area contributed by atoms with Gasteiger partial charge in [0, 0.05) is 12.6 Å². The van der Waals surface area contributed by atoms with Crippen LogP contribution in [0.2, 0.25) is 5.15 Å². The monoisotopic (exact) mass is 257 g/mol. The number of nitrogen functional groups attached to an aromatic ring is 1. The number of rotatable bonds is 4. The van der Waals surface area contributed by atoms with Gasteiger partial charge < -0.3 is 16.2 Å². The van der Waals surface area contributed by atoms with Gasteiger partial charge in [-0.25, -0.2) is 4.98 Å². The summed E-state index contributed by atoms with van der Waals surface area (Å²) in [6, 6.07) is 1.27. The Balaban J connectivity index is 2.79. The molecule has 2 atom stereocenters. The molecule has 0 aliphatic heterocycles. The topological polar surface area (TPSA) is 88.2 Å². The Bertz CT molecular complexity index is 412. The average molecular weight is 258 g/mol. The molecule has 0 saturated carbocycles. The normalized spacial score (nSPS) is 14.1. The summed E-state index contributed by atoms with van der Waals surface area (Å²) >= 11 is 5.70. The van der Waals surface area contributed by atoms with Crippen LogP contribution in [0.1, 0.15) is 24.2 Å².